The second-order valence-electron chi connectivity index (χ2n) is 7.40. The van der Waals surface area contributed by atoms with Crippen LogP contribution in [0.2, 0.25) is 0 Å². The number of thiazole rings is 1. The van der Waals surface area contributed by atoms with Crippen molar-refractivity contribution >= 4 is 61.9 Å². The first-order valence-corrected chi connectivity index (χ1v) is 13.0. The van der Waals surface area contributed by atoms with Gasteiger partial charge in [0.25, 0.3) is 5.56 Å². The van der Waals surface area contributed by atoms with Crippen LogP contribution in [0.5, 0.6) is 11.5 Å². The van der Waals surface area contributed by atoms with Crippen LogP contribution in [0, 0.1) is 3.57 Å². The fraction of sp³-hybridized carbons (Fsp3) is 0.208. The van der Waals surface area contributed by atoms with Crippen LogP contribution in [0.1, 0.15) is 31.0 Å². The van der Waals surface area contributed by atoms with Gasteiger partial charge in [-0.15, -0.1) is 0 Å². The number of fused-ring (bicyclic) bond motifs is 1. The van der Waals surface area contributed by atoms with E-state index in [-0.39, 0.29) is 17.9 Å². The van der Waals surface area contributed by atoms with E-state index in [2.05, 4.69) is 20.9 Å². The number of carbonyl (C=O) groups is 1. The second-order valence-corrected chi connectivity index (χ2v) is 10.5. The number of ether oxygens (including phenoxy) is 2. The normalized spacial score (nSPS) is 15.7. The minimum absolute atomic E-state index is 0.0855. The van der Waals surface area contributed by atoms with Gasteiger partial charge in [-0.05, 0) is 72.3 Å². The van der Waals surface area contributed by atoms with E-state index in [0.717, 1.165) is 4.47 Å². The van der Waals surface area contributed by atoms with Gasteiger partial charge >= 0.3 is 5.97 Å². The predicted octanol–water partition coefficient (Wildman–Crippen LogP) is 3.88. The Balaban J connectivity index is 1.99. The van der Waals surface area contributed by atoms with Crippen molar-refractivity contribution < 1.29 is 19.4 Å². The number of hydrogen-bond donors (Lipinski definition) is 1. The monoisotopic (exact) mass is 654 g/mol. The van der Waals surface area contributed by atoms with E-state index in [1.54, 1.807) is 51.3 Å². The number of aromatic hydroxyl groups is 1. The van der Waals surface area contributed by atoms with Gasteiger partial charge in [-0.1, -0.05) is 39.4 Å². The third-order valence-electron chi connectivity index (χ3n) is 5.27. The Labute approximate surface area is 221 Å². The summed E-state index contributed by atoms with van der Waals surface area (Å²) < 4.78 is 14.0. The van der Waals surface area contributed by atoms with Crippen LogP contribution in [0.3, 0.4) is 0 Å². The van der Waals surface area contributed by atoms with Crippen LogP contribution in [-0.2, 0) is 9.53 Å². The summed E-state index contributed by atoms with van der Waals surface area (Å²) in [5, 5.41) is 10.5. The highest BCUT2D eigenvalue weighted by Gasteiger charge is 2.33. The van der Waals surface area contributed by atoms with E-state index in [0.29, 0.717) is 41.1 Å². The Morgan fingerprint density at radius 2 is 2.12 bits per heavy atom. The number of hydrogen-bond acceptors (Lipinski definition) is 7. The minimum Gasteiger partial charge on any atom is -0.506 e. The zero-order valence-corrected chi connectivity index (χ0v) is 23.0. The Hall–Kier alpha value is -2.44. The summed E-state index contributed by atoms with van der Waals surface area (Å²) in [4.78, 5) is 31.6. The number of methoxy groups -OCH3 is 1. The molecule has 1 unspecified atom stereocenters. The number of benzene rings is 2. The molecule has 3 aromatic rings. The highest BCUT2D eigenvalue weighted by molar-refractivity contribution is 14.1. The quantitative estimate of drug-likeness (QED) is 0.333. The maximum absolute atomic E-state index is 13.7. The van der Waals surface area contributed by atoms with Crippen molar-refractivity contribution in [2.24, 2.45) is 4.99 Å². The molecule has 10 heteroatoms. The smallest absolute Gasteiger partial charge is 0.338 e. The number of carbonyl (C=O) groups excluding carboxylic acids is 1. The topological polar surface area (TPSA) is 90.1 Å². The molecular weight excluding hydrogens is 635 g/mol. The van der Waals surface area contributed by atoms with E-state index >= 15 is 0 Å². The van der Waals surface area contributed by atoms with E-state index in [1.807, 2.05) is 34.7 Å². The van der Waals surface area contributed by atoms with Gasteiger partial charge in [-0.3, -0.25) is 9.36 Å². The van der Waals surface area contributed by atoms with E-state index < -0.39 is 12.0 Å². The summed E-state index contributed by atoms with van der Waals surface area (Å²) in [7, 11) is 1.56. The fourth-order valence-electron chi connectivity index (χ4n) is 3.76. The molecule has 2 aromatic carbocycles. The van der Waals surface area contributed by atoms with E-state index in [9.17, 15) is 14.7 Å². The maximum Gasteiger partial charge on any atom is 0.338 e. The van der Waals surface area contributed by atoms with Crippen molar-refractivity contribution in [1.29, 1.82) is 0 Å². The third kappa shape index (κ3) is 4.58. The largest absolute Gasteiger partial charge is 0.506 e. The SMILES string of the molecule is CCOC(=O)C1=C(C)N=c2s/c(=C/c3cc(Br)cc(I)c3O)c(=O)n2C1c1cccc(OC)c1. The summed E-state index contributed by atoms with van der Waals surface area (Å²) in [6.45, 7) is 3.67. The molecule has 0 aliphatic carbocycles. The average molecular weight is 655 g/mol. The van der Waals surface area contributed by atoms with Crippen molar-refractivity contribution in [3.8, 4) is 11.5 Å². The Bertz CT molecular complexity index is 1510. The molecule has 7 nitrogen and oxygen atoms in total. The summed E-state index contributed by atoms with van der Waals surface area (Å²) in [5.41, 5.74) is 1.67. The Kier molecular flexibility index (Phi) is 7.29. The Morgan fingerprint density at radius 3 is 2.82 bits per heavy atom. The van der Waals surface area contributed by atoms with Crippen LogP contribution < -0.4 is 19.6 Å². The molecule has 0 fully saturated rings. The lowest BCUT2D eigenvalue weighted by Gasteiger charge is -2.25. The first-order valence-electron chi connectivity index (χ1n) is 10.3. The third-order valence-corrected chi connectivity index (χ3v) is 7.53. The summed E-state index contributed by atoms with van der Waals surface area (Å²) >= 11 is 6.66. The molecule has 0 saturated carbocycles. The van der Waals surface area contributed by atoms with Crippen molar-refractivity contribution in [3.05, 3.63) is 86.5 Å². The molecule has 0 saturated heterocycles. The van der Waals surface area contributed by atoms with Gasteiger partial charge in [0.15, 0.2) is 4.80 Å². The van der Waals surface area contributed by atoms with Gasteiger partial charge in [0.2, 0.25) is 0 Å². The number of aromatic nitrogens is 1. The number of halogens is 2. The van der Waals surface area contributed by atoms with Crippen LogP contribution in [0.4, 0.5) is 0 Å². The number of rotatable bonds is 5. The van der Waals surface area contributed by atoms with Gasteiger partial charge in [0.1, 0.15) is 11.5 Å². The first kappa shape index (κ1) is 24.7. The number of phenolic OH excluding ortho intramolecular Hbond substituents is 1. The maximum atomic E-state index is 13.7. The first-order chi connectivity index (χ1) is 16.2. The zero-order chi connectivity index (χ0) is 24.6. The number of esters is 1. The van der Waals surface area contributed by atoms with Crippen LogP contribution in [0.25, 0.3) is 6.08 Å². The molecule has 1 atom stereocenters. The van der Waals surface area contributed by atoms with Gasteiger partial charge in [0.05, 0.1) is 39.1 Å². The van der Waals surface area contributed by atoms with Crippen molar-refractivity contribution in [2.75, 3.05) is 13.7 Å². The molecule has 1 aliphatic rings. The molecule has 1 aliphatic heterocycles. The minimum atomic E-state index is -0.733. The molecule has 1 N–H and O–H groups in total. The number of phenols is 1. The summed E-state index contributed by atoms with van der Waals surface area (Å²) in [6, 6.07) is 10.0. The van der Waals surface area contributed by atoms with Gasteiger partial charge in [-0.2, -0.15) is 0 Å². The fourth-order valence-corrected chi connectivity index (χ4v) is 6.34. The highest BCUT2D eigenvalue weighted by atomic mass is 127. The number of nitrogens with zero attached hydrogens (tertiary/aromatic N) is 2. The van der Waals surface area contributed by atoms with Crippen molar-refractivity contribution in [3.63, 3.8) is 0 Å². The molecule has 176 valence electrons. The van der Waals surface area contributed by atoms with Gasteiger partial charge in [-0.25, -0.2) is 9.79 Å². The zero-order valence-electron chi connectivity index (χ0n) is 18.5. The van der Waals surface area contributed by atoms with E-state index in [1.165, 1.54) is 15.9 Å². The highest BCUT2D eigenvalue weighted by Crippen LogP contribution is 2.33. The lowest BCUT2D eigenvalue weighted by atomic mass is 9.95. The van der Waals surface area contributed by atoms with Gasteiger partial charge < -0.3 is 14.6 Å². The summed E-state index contributed by atoms with van der Waals surface area (Å²) in [6.07, 6.45) is 1.64. The number of allylic oxidation sites excluding steroid dienone is 1. The predicted molar refractivity (Wildman–Crippen MR) is 142 cm³/mol. The van der Waals surface area contributed by atoms with E-state index in [4.69, 9.17) is 9.47 Å². The van der Waals surface area contributed by atoms with Crippen molar-refractivity contribution in [2.45, 2.75) is 19.9 Å². The standard InChI is InChI=1S/C24H20BrIN2O5S/c1-4-33-23(31)19-12(2)27-24-28(20(19)13-6-5-7-16(9-13)32-3)22(30)18(34-24)10-14-8-15(25)11-17(26)21(14)29/h5-11,20,29H,4H2,1-3H3/b18-10+. The molecule has 0 spiro atoms. The lowest BCUT2D eigenvalue weighted by molar-refractivity contribution is -0.139. The van der Waals surface area contributed by atoms with Crippen LogP contribution in [-0.4, -0.2) is 29.4 Å². The molecule has 34 heavy (non-hydrogen) atoms. The van der Waals surface area contributed by atoms with Gasteiger partial charge in [0, 0.05) is 10.0 Å². The molecular formula is C24H20BrIN2O5S. The molecule has 4 rings (SSSR count). The molecule has 0 amide bonds. The molecule has 0 bridgehead atoms. The Morgan fingerprint density at radius 1 is 1.35 bits per heavy atom. The molecule has 1 aromatic heterocycles. The molecule has 0 radical (unpaired) electrons. The molecule has 2 heterocycles. The van der Waals surface area contributed by atoms with Crippen LogP contribution in [0.15, 0.2) is 61.9 Å². The summed E-state index contributed by atoms with van der Waals surface area (Å²) in [5.74, 6) is 0.165. The average Bonchev–Trinajstić information content (AvgIpc) is 3.10. The van der Waals surface area contributed by atoms with Crippen molar-refractivity contribution in [1.82, 2.24) is 4.57 Å². The second kappa shape index (κ2) is 10.0. The lowest BCUT2D eigenvalue weighted by Crippen LogP contribution is -2.39. The van der Waals surface area contributed by atoms with Crippen LogP contribution >= 0.6 is 49.9 Å².